The van der Waals surface area contributed by atoms with Crippen molar-refractivity contribution in [3.05, 3.63) is 54.3 Å². The van der Waals surface area contributed by atoms with Gasteiger partial charge in [0, 0.05) is 12.2 Å². The van der Waals surface area contributed by atoms with E-state index in [0.717, 1.165) is 6.66 Å². The zero-order valence-electron chi connectivity index (χ0n) is 9.71. The molecule has 0 fully saturated rings. The zero-order chi connectivity index (χ0) is 13.2. The summed E-state index contributed by atoms with van der Waals surface area (Å²) in [5.74, 6) is -0.857. The minimum atomic E-state index is -3.77. The molecule has 0 spiro atoms. The van der Waals surface area contributed by atoms with Crippen LogP contribution in [0.4, 0.5) is 4.39 Å². The summed E-state index contributed by atoms with van der Waals surface area (Å²) in [5.41, 5.74) is 1.02. The van der Waals surface area contributed by atoms with Gasteiger partial charge in [-0.05, 0) is 11.6 Å². The topological polar surface area (TPSA) is 46.5 Å². The molecule has 94 valence electrons. The highest BCUT2D eigenvalue weighted by Gasteiger charge is 2.17. The van der Waals surface area contributed by atoms with Gasteiger partial charge in [-0.25, -0.2) is 8.96 Å². The van der Waals surface area contributed by atoms with E-state index in [4.69, 9.17) is 9.42 Å². The fourth-order valence-electron chi connectivity index (χ4n) is 1.60. The molecule has 3 nitrogen and oxygen atoms in total. The van der Waals surface area contributed by atoms with Crippen molar-refractivity contribution in [2.45, 2.75) is 0 Å². The standard InChI is InChI=1S/C13H12FO3P/c1-18(15,16)17-12-9-5-8-11(13(12)14)10-6-3-2-4-7-10/h2-9H,1H3,(H,15,16). The summed E-state index contributed by atoms with van der Waals surface area (Å²) in [6, 6.07) is 13.4. The lowest BCUT2D eigenvalue weighted by atomic mass is 10.1. The van der Waals surface area contributed by atoms with Gasteiger partial charge in [0.25, 0.3) is 0 Å². The quantitative estimate of drug-likeness (QED) is 0.862. The smallest absolute Gasteiger partial charge is 0.373 e. The summed E-state index contributed by atoms with van der Waals surface area (Å²) in [5, 5.41) is 0. The van der Waals surface area contributed by atoms with Crippen molar-refractivity contribution in [3.8, 4) is 16.9 Å². The molecule has 0 aliphatic carbocycles. The van der Waals surface area contributed by atoms with Crippen molar-refractivity contribution in [3.63, 3.8) is 0 Å². The molecule has 5 heteroatoms. The molecule has 2 aromatic rings. The van der Waals surface area contributed by atoms with E-state index in [0.29, 0.717) is 11.1 Å². The minimum absolute atomic E-state index is 0.218. The van der Waals surface area contributed by atoms with E-state index in [-0.39, 0.29) is 5.75 Å². The molecule has 0 aliphatic heterocycles. The Bertz CT molecular complexity index is 592. The monoisotopic (exact) mass is 266 g/mol. The highest BCUT2D eigenvalue weighted by atomic mass is 31.2. The number of rotatable bonds is 3. The summed E-state index contributed by atoms with van der Waals surface area (Å²) >= 11 is 0. The van der Waals surface area contributed by atoms with Gasteiger partial charge in [0.15, 0.2) is 11.6 Å². The Morgan fingerprint density at radius 3 is 2.39 bits per heavy atom. The lowest BCUT2D eigenvalue weighted by Gasteiger charge is -2.11. The van der Waals surface area contributed by atoms with Gasteiger partial charge in [-0.3, -0.25) is 0 Å². The number of benzene rings is 2. The maximum Gasteiger partial charge on any atom is 0.373 e. The molecule has 0 radical (unpaired) electrons. The van der Waals surface area contributed by atoms with Crippen molar-refractivity contribution in [1.29, 1.82) is 0 Å². The average Bonchev–Trinajstić information content (AvgIpc) is 2.31. The number of hydrogen-bond donors (Lipinski definition) is 1. The molecule has 1 atom stereocenters. The molecule has 0 aliphatic rings. The maximum absolute atomic E-state index is 14.1. The van der Waals surface area contributed by atoms with E-state index in [1.807, 2.05) is 6.07 Å². The molecular weight excluding hydrogens is 254 g/mol. The van der Waals surface area contributed by atoms with E-state index < -0.39 is 13.4 Å². The molecule has 0 amide bonds. The van der Waals surface area contributed by atoms with E-state index in [1.54, 1.807) is 36.4 Å². The minimum Gasteiger partial charge on any atom is -0.421 e. The first-order valence-electron chi connectivity index (χ1n) is 5.31. The Labute approximate surface area is 104 Å². The fraction of sp³-hybridized carbons (Fsp3) is 0.0769. The normalized spacial score (nSPS) is 13.9. The molecule has 0 saturated carbocycles. The van der Waals surface area contributed by atoms with Crippen LogP contribution in [0, 0.1) is 5.82 Å². The van der Waals surface area contributed by atoms with Crippen LogP contribution in [0.15, 0.2) is 48.5 Å². The van der Waals surface area contributed by atoms with Crippen molar-refractivity contribution >= 4 is 7.60 Å². The highest BCUT2D eigenvalue weighted by Crippen LogP contribution is 2.41. The van der Waals surface area contributed by atoms with Crippen LogP contribution in [0.1, 0.15) is 0 Å². The molecule has 0 aromatic heterocycles. The molecule has 1 N–H and O–H groups in total. The van der Waals surface area contributed by atoms with Crippen LogP contribution < -0.4 is 4.52 Å². The number of hydrogen-bond acceptors (Lipinski definition) is 2. The second kappa shape index (κ2) is 4.92. The Morgan fingerprint density at radius 1 is 1.11 bits per heavy atom. The summed E-state index contributed by atoms with van der Waals surface area (Å²) < 4.78 is 30.0. The summed E-state index contributed by atoms with van der Waals surface area (Å²) in [4.78, 5) is 9.12. The van der Waals surface area contributed by atoms with Crippen molar-refractivity contribution < 1.29 is 18.4 Å². The fourth-order valence-corrected chi connectivity index (χ4v) is 2.11. The second-order valence-corrected chi connectivity index (χ2v) is 5.67. The molecule has 1 unspecified atom stereocenters. The molecule has 2 aromatic carbocycles. The third-order valence-corrected chi connectivity index (χ3v) is 2.85. The Balaban J connectivity index is 2.46. The molecule has 0 heterocycles. The Hall–Kier alpha value is -1.64. The predicted octanol–water partition coefficient (Wildman–Crippen LogP) is 3.69. The molecule has 2 rings (SSSR count). The van der Waals surface area contributed by atoms with E-state index in [2.05, 4.69) is 0 Å². The maximum atomic E-state index is 14.1. The predicted molar refractivity (Wildman–Crippen MR) is 68.2 cm³/mol. The van der Waals surface area contributed by atoms with Gasteiger partial charge in [-0.2, -0.15) is 0 Å². The Kier molecular flexibility index (Phi) is 3.50. The van der Waals surface area contributed by atoms with Crippen LogP contribution in [0.3, 0.4) is 0 Å². The lowest BCUT2D eigenvalue weighted by Crippen LogP contribution is -1.94. The van der Waals surface area contributed by atoms with Crippen LogP contribution >= 0.6 is 7.60 Å². The summed E-state index contributed by atoms with van der Waals surface area (Å²) in [6.07, 6.45) is 0. The van der Waals surface area contributed by atoms with E-state index in [1.165, 1.54) is 6.07 Å². The third kappa shape index (κ3) is 2.97. The summed E-state index contributed by atoms with van der Waals surface area (Å²) in [7, 11) is -3.77. The zero-order valence-corrected chi connectivity index (χ0v) is 10.6. The van der Waals surface area contributed by atoms with Crippen LogP contribution in [-0.2, 0) is 4.57 Å². The largest absolute Gasteiger partial charge is 0.421 e. The van der Waals surface area contributed by atoms with Gasteiger partial charge in [-0.1, -0.05) is 42.5 Å². The van der Waals surface area contributed by atoms with Crippen molar-refractivity contribution in [2.75, 3.05) is 6.66 Å². The van der Waals surface area contributed by atoms with Crippen LogP contribution in [0.25, 0.3) is 11.1 Å². The second-order valence-electron chi connectivity index (χ2n) is 3.88. The van der Waals surface area contributed by atoms with Gasteiger partial charge in [-0.15, -0.1) is 0 Å². The first-order valence-corrected chi connectivity index (χ1v) is 7.33. The lowest BCUT2D eigenvalue weighted by molar-refractivity contribution is 0.377. The van der Waals surface area contributed by atoms with Gasteiger partial charge in [0.2, 0.25) is 0 Å². The molecule has 0 bridgehead atoms. The molecule has 0 saturated heterocycles. The van der Waals surface area contributed by atoms with Crippen LogP contribution in [0.2, 0.25) is 0 Å². The first-order chi connectivity index (χ1) is 8.47. The third-order valence-electron chi connectivity index (χ3n) is 2.32. The van der Waals surface area contributed by atoms with Crippen molar-refractivity contribution in [2.24, 2.45) is 0 Å². The van der Waals surface area contributed by atoms with Gasteiger partial charge in [0.1, 0.15) is 0 Å². The van der Waals surface area contributed by atoms with Crippen LogP contribution in [0.5, 0.6) is 5.75 Å². The van der Waals surface area contributed by atoms with E-state index in [9.17, 15) is 8.96 Å². The van der Waals surface area contributed by atoms with E-state index >= 15 is 0 Å². The number of halogens is 1. The Morgan fingerprint density at radius 2 is 1.78 bits per heavy atom. The van der Waals surface area contributed by atoms with Gasteiger partial charge in [0.05, 0.1) is 0 Å². The van der Waals surface area contributed by atoms with Crippen LogP contribution in [-0.4, -0.2) is 11.6 Å². The van der Waals surface area contributed by atoms with Gasteiger partial charge >= 0.3 is 7.60 Å². The summed E-state index contributed by atoms with van der Waals surface area (Å²) in [6.45, 7) is 1.02. The first kappa shape index (κ1) is 12.8. The average molecular weight is 266 g/mol. The van der Waals surface area contributed by atoms with Crippen molar-refractivity contribution in [1.82, 2.24) is 0 Å². The molecule has 18 heavy (non-hydrogen) atoms. The van der Waals surface area contributed by atoms with Gasteiger partial charge < -0.3 is 9.42 Å². The highest BCUT2D eigenvalue weighted by molar-refractivity contribution is 7.52. The SMILES string of the molecule is CP(=O)(O)Oc1cccc(-c2ccccc2)c1F. The molecular formula is C13H12FO3P.